The zero-order valence-corrected chi connectivity index (χ0v) is 50.5. The van der Waals surface area contributed by atoms with Gasteiger partial charge in [0.2, 0.25) is 0 Å². The van der Waals surface area contributed by atoms with E-state index in [0.717, 1.165) is 21.6 Å². The van der Waals surface area contributed by atoms with Gasteiger partial charge in [-0.2, -0.15) is 0 Å². The van der Waals surface area contributed by atoms with E-state index in [1.54, 1.807) is 11.1 Å². The van der Waals surface area contributed by atoms with Crippen molar-refractivity contribution in [2.24, 2.45) is 0 Å². The van der Waals surface area contributed by atoms with Crippen molar-refractivity contribution >= 4 is 33.5 Å². The van der Waals surface area contributed by atoms with Crippen molar-refractivity contribution < 1.29 is 4.42 Å². The smallest absolute Gasteiger partial charge is 0.144 e. The topological polar surface area (TPSA) is 13.1 Å². The molecule has 0 bridgehead atoms. The van der Waals surface area contributed by atoms with Crippen molar-refractivity contribution in [3.05, 3.63) is 213 Å². The maximum atomic E-state index is 6.90. The molecule has 0 spiro atoms. The number of halogens is 1. The lowest BCUT2D eigenvalue weighted by molar-refractivity contribution is 0.398. The number of unbranched alkanes of at least 4 members (excludes halogenated alkanes) is 10. The molecule has 0 unspecified atom stereocenters. The predicted molar refractivity (Wildman–Crippen MR) is 350 cm³/mol. The molecule has 1 nitrogen and oxygen atoms in total. The van der Waals surface area contributed by atoms with E-state index in [1.807, 2.05) is 6.07 Å². The summed E-state index contributed by atoms with van der Waals surface area (Å²) < 4.78 is 6.90. The number of hydrogen-bond donors (Lipinski definition) is 0. The molecule has 0 atom stereocenters. The van der Waals surface area contributed by atoms with Crippen molar-refractivity contribution in [1.82, 2.24) is 0 Å². The normalized spacial score (nSPS) is 15.7. The lowest BCUT2D eigenvalue weighted by Crippen LogP contribution is -2.25. The first-order valence-electron chi connectivity index (χ1n) is 31.4. The van der Waals surface area contributed by atoms with Gasteiger partial charge in [0, 0.05) is 43.0 Å². The molecular formula is C80H79ClO. The summed E-state index contributed by atoms with van der Waals surface area (Å²) in [6, 6.07) is 63.5. The van der Waals surface area contributed by atoms with Gasteiger partial charge < -0.3 is 4.42 Å². The van der Waals surface area contributed by atoms with Gasteiger partial charge in [-0.3, -0.25) is 0 Å². The van der Waals surface area contributed by atoms with Gasteiger partial charge in [-0.15, -0.1) is 0 Å². The van der Waals surface area contributed by atoms with Crippen LogP contribution < -0.4 is 0 Å². The van der Waals surface area contributed by atoms with E-state index in [0.29, 0.717) is 0 Å². The highest BCUT2D eigenvalue weighted by atomic mass is 35.5. The monoisotopic (exact) mass is 1090 g/mol. The summed E-state index contributed by atoms with van der Waals surface area (Å²) in [7, 11) is 0. The van der Waals surface area contributed by atoms with Crippen molar-refractivity contribution in [2.45, 2.75) is 167 Å². The van der Waals surface area contributed by atoms with Crippen LogP contribution in [0.2, 0.25) is 5.02 Å². The van der Waals surface area contributed by atoms with E-state index in [2.05, 4.69) is 213 Å². The van der Waals surface area contributed by atoms with Crippen LogP contribution in [0.15, 0.2) is 168 Å². The van der Waals surface area contributed by atoms with Crippen molar-refractivity contribution in [3.63, 3.8) is 0 Å². The summed E-state index contributed by atoms with van der Waals surface area (Å²) in [6.45, 7) is 19.1. The second kappa shape index (κ2) is 20.2. The van der Waals surface area contributed by atoms with Crippen LogP contribution in [0.3, 0.4) is 0 Å². The molecule has 0 N–H and O–H groups in total. The Morgan fingerprint density at radius 2 is 0.756 bits per heavy atom. The molecule has 0 saturated heterocycles. The molecule has 10 aromatic rings. The maximum Gasteiger partial charge on any atom is 0.144 e. The molecule has 2 heteroatoms. The summed E-state index contributed by atoms with van der Waals surface area (Å²) in [5.74, 6) is 0. The molecule has 0 fully saturated rings. The second-order valence-electron chi connectivity index (χ2n) is 26.7. The Bertz CT molecular complexity index is 4170. The molecule has 412 valence electrons. The predicted octanol–water partition coefficient (Wildman–Crippen LogP) is 23.9. The Kier molecular flexibility index (Phi) is 13.1. The van der Waals surface area contributed by atoms with Gasteiger partial charge in [0.1, 0.15) is 11.2 Å². The first-order chi connectivity index (χ1) is 39.7. The van der Waals surface area contributed by atoms with Crippen LogP contribution in [0.1, 0.15) is 190 Å². The minimum absolute atomic E-state index is 0.0619. The molecule has 14 rings (SSSR count). The molecule has 0 saturated carbocycles. The zero-order chi connectivity index (χ0) is 56.3. The highest BCUT2D eigenvalue weighted by molar-refractivity contribution is 6.31. The van der Waals surface area contributed by atoms with E-state index in [-0.39, 0.29) is 21.7 Å². The third kappa shape index (κ3) is 8.21. The number of rotatable bonds is 17. The quantitative estimate of drug-likeness (QED) is 0.0829. The van der Waals surface area contributed by atoms with E-state index in [1.165, 1.54) is 207 Å². The van der Waals surface area contributed by atoms with Crippen LogP contribution in [-0.4, -0.2) is 0 Å². The average Bonchev–Trinajstić information content (AvgIpc) is 4.17. The molecule has 9 aromatic carbocycles. The summed E-state index contributed by atoms with van der Waals surface area (Å²) in [4.78, 5) is 0. The molecule has 1 aromatic heterocycles. The third-order valence-corrected chi connectivity index (χ3v) is 21.0. The van der Waals surface area contributed by atoms with Gasteiger partial charge in [0.15, 0.2) is 0 Å². The van der Waals surface area contributed by atoms with E-state index in [4.69, 9.17) is 16.0 Å². The molecule has 82 heavy (non-hydrogen) atoms. The number of furan rings is 1. The Hall–Kier alpha value is -6.93. The van der Waals surface area contributed by atoms with Gasteiger partial charge in [0.25, 0.3) is 0 Å². The Balaban J connectivity index is 0.776. The molecule has 0 aliphatic heterocycles. The summed E-state index contributed by atoms with van der Waals surface area (Å²) >= 11 is 6.68. The minimum atomic E-state index is -0.247. The molecule has 0 radical (unpaired) electrons. The third-order valence-electron chi connectivity index (χ3n) is 20.8. The van der Waals surface area contributed by atoms with Gasteiger partial charge in [-0.05, 0) is 184 Å². The maximum absolute atomic E-state index is 6.90. The molecule has 4 aliphatic carbocycles. The number of benzene rings is 9. The lowest BCUT2D eigenvalue weighted by Gasteiger charge is -2.33. The van der Waals surface area contributed by atoms with Gasteiger partial charge in [-0.25, -0.2) is 0 Å². The molecular weight excluding hydrogens is 1010 g/mol. The van der Waals surface area contributed by atoms with Crippen LogP contribution in [0.5, 0.6) is 0 Å². The second-order valence-corrected chi connectivity index (χ2v) is 27.1. The Morgan fingerprint density at radius 3 is 1.32 bits per heavy atom. The van der Waals surface area contributed by atoms with Gasteiger partial charge >= 0.3 is 0 Å². The standard InChI is InChI=1S/C80H79ClO/c1-9-11-13-15-17-23-41-80(42-24-18-16-14-12-10-2)65-27-21-19-25-56(65)61-38-32-53(46-71(61)80)52-31-37-58-57-35-29-50(43-66(57)77(3,4)67(58)45-52)51-30-36-59-60-39-33-54(47-69(60)78(5,6)68(59)44-51)64-49-72-75(62-40-34-55(81)48-70(62)79(72,7)8)76-74(64)63-26-20-22-28-73(63)82-76/h19-22,25-40,43-49H,9-18,23-24,41-42H2,1-8H3. The van der Waals surface area contributed by atoms with Crippen LogP contribution >= 0.6 is 11.6 Å². The van der Waals surface area contributed by atoms with Crippen molar-refractivity contribution in [3.8, 4) is 77.9 Å². The van der Waals surface area contributed by atoms with Gasteiger partial charge in [-0.1, -0.05) is 253 Å². The Labute approximate surface area is 493 Å². The zero-order valence-electron chi connectivity index (χ0n) is 49.8. The summed E-state index contributed by atoms with van der Waals surface area (Å²) in [5.41, 5.74) is 30.9. The van der Waals surface area contributed by atoms with E-state index in [9.17, 15) is 0 Å². The van der Waals surface area contributed by atoms with Crippen molar-refractivity contribution in [1.29, 1.82) is 0 Å². The fourth-order valence-corrected chi connectivity index (χ4v) is 16.4. The van der Waals surface area contributed by atoms with Crippen LogP contribution in [0, 0.1) is 0 Å². The molecule has 1 heterocycles. The number of fused-ring (bicyclic) bond motifs is 16. The van der Waals surface area contributed by atoms with Crippen LogP contribution in [-0.2, 0) is 21.7 Å². The first kappa shape index (κ1) is 53.1. The largest absolute Gasteiger partial charge is 0.455 e. The minimum Gasteiger partial charge on any atom is -0.455 e. The Morgan fingerprint density at radius 1 is 0.341 bits per heavy atom. The molecule has 0 amide bonds. The highest BCUT2D eigenvalue weighted by Gasteiger charge is 2.44. The van der Waals surface area contributed by atoms with Crippen LogP contribution in [0.25, 0.3) is 99.8 Å². The fourth-order valence-electron chi connectivity index (χ4n) is 16.2. The lowest BCUT2D eigenvalue weighted by atomic mass is 9.70. The number of para-hydroxylation sites is 1. The SMILES string of the molecule is CCCCCCCCC1(CCCCCCCC)c2ccccc2-c2ccc(-c3ccc4c(c3)C(C)(C)c3cc(-c5ccc6c(c5)C(C)(C)c5cc(-c7cc8c(c9oc%10ccccc%10c79)-c7ccc(Cl)cc7C8(C)C)ccc5-6)ccc3-4)cc21. The summed E-state index contributed by atoms with van der Waals surface area (Å²) in [5, 5.41) is 3.09. The van der Waals surface area contributed by atoms with Crippen LogP contribution in [0.4, 0.5) is 0 Å². The highest BCUT2D eigenvalue weighted by Crippen LogP contribution is 2.59. The van der Waals surface area contributed by atoms with E-state index >= 15 is 0 Å². The summed E-state index contributed by atoms with van der Waals surface area (Å²) in [6.07, 6.45) is 18.4. The van der Waals surface area contributed by atoms with Gasteiger partial charge in [0.05, 0.1) is 0 Å². The fraction of sp³-hybridized carbons (Fsp3) is 0.325. The van der Waals surface area contributed by atoms with E-state index < -0.39 is 0 Å². The first-order valence-corrected chi connectivity index (χ1v) is 31.8. The number of hydrogen-bond acceptors (Lipinski definition) is 1. The molecule has 4 aliphatic rings. The van der Waals surface area contributed by atoms with Crippen molar-refractivity contribution in [2.75, 3.05) is 0 Å². The average molecular weight is 1090 g/mol.